The van der Waals surface area contributed by atoms with Gasteiger partial charge in [0, 0.05) is 25.1 Å². The molecule has 8 nitrogen and oxygen atoms in total. The molecule has 0 radical (unpaired) electrons. The zero-order valence-electron chi connectivity index (χ0n) is 14.3. The van der Waals surface area contributed by atoms with Crippen LogP contribution in [0, 0.1) is 0 Å². The zero-order chi connectivity index (χ0) is 18.2. The van der Waals surface area contributed by atoms with Crippen LogP contribution in [-0.4, -0.2) is 44.6 Å². The lowest BCUT2D eigenvalue weighted by Crippen LogP contribution is -2.49. The van der Waals surface area contributed by atoms with Gasteiger partial charge in [0.05, 0.1) is 12.8 Å². The smallest absolute Gasteiger partial charge is 0.328 e. The molecule has 25 heavy (non-hydrogen) atoms. The van der Waals surface area contributed by atoms with Crippen LogP contribution in [0.25, 0.3) is 0 Å². The van der Waals surface area contributed by atoms with E-state index in [2.05, 4.69) is 10.6 Å². The summed E-state index contributed by atoms with van der Waals surface area (Å²) < 4.78 is 5.32. The largest absolute Gasteiger partial charge is 0.495 e. The third-order valence-corrected chi connectivity index (χ3v) is 3.95. The van der Waals surface area contributed by atoms with E-state index >= 15 is 0 Å². The molecule has 0 bridgehead atoms. The topological polar surface area (TPSA) is 114 Å². The summed E-state index contributed by atoms with van der Waals surface area (Å²) in [5.41, 5.74) is 6.41. The monoisotopic (exact) mass is 348 g/mol. The van der Waals surface area contributed by atoms with E-state index in [4.69, 9.17) is 10.5 Å². The summed E-state index contributed by atoms with van der Waals surface area (Å²) in [6.45, 7) is 1.51. The predicted molar refractivity (Wildman–Crippen MR) is 93.7 cm³/mol. The number of anilines is 1. The molecule has 0 unspecified atom stereocenters. The standard InChI is InChI=1S/C17H24N4O4/c1-25-14-11-12(16(23)19-9-4-2-3-8-18)5-6-13(14)21-10-7-15(22)20-17(21)24/h5-6,11H,2-4,7-10,18H2,1H3,(H,19,23)(H,20,22,24). The van der Waals surface area contributed by atoms with Crippen molar-refractivity contribution in [3.8, 4) is 5.75 Å². The average Bonchev–Trinajstić information content (AvgIpc) is 2.61. The van der Waals surface area contributed by atoms with Crippen LogP contribution < -0.4 is 26.0 Å². The summed E-state index contributed by atoms with van der Waals surface area (Å²) in [5.74, 6) is -0.0954. The Morgan fingerprint density at radius 1 is 1.32 bits per heavy atom. The van der Waals surface area contributed by atoms with Crippen molar-refractivity contribution in [2.45, 2.75) is 25.7 Å². The number of methoxy groups -OCH3 is 1. The normalized spacial score (nSPS) is 14.2. The van der Waals surface area contributed by atoms with Gasteiger partial charge in [0.25, 0.3) is 5.91 Å². The van der Waals surface area contributed by atoms with E-state index in [1.165, 1.54) is 12.0 Å². The lowest BCUT2D eigenvalue weighted by Gasteiger charge is -2.28. The summed E-state index contributed by atoms with van der Waals surface area (Å²) in [5, 5.41) is 5.12. The highest BCUT2D eigenvalue weighted by Crippen LogP contribution is 2.30. The molecule has 0 spiro atoms. The van der Waals surface area contributed by atoms with Gasteiger partial charge in [-0.05, 0) is 37.6 Å². The van der Waals surface area contributed by atoms with Crippen molar-refractivity contribution < 1.29 is 19.1 Å². The maximum Gasteiger partial charge on any atom is 0.328 e. The highest BCUT2D eigenvalue weighted by Gasteiger charge is 2.26. The molecule has 136 valence electrons. The number of rotatable bonds is 8. The Hall–Kier alpha value is -2.61. The zero-order valence-corrected chi connectivity index (χ0v) is 14.3. The number of carbonyl (C=O) groups excluding carboxylic acids is 3. The van der Waals surface area contributed by atoms with Gasteiger partial charge in [-0.3, -0.25) is 19.8 Å². The number of amides is 4. The summed E-state index contributed by atoms with van der Waals surface area (Å²) in [6, 6.07) is 4.38. The van der Waals surface area contributed by atoms with Gasteiger partial charge in [-0.25, -0.2) is 4.79 Å². The maximum atomic E-state index is 12.2. The van der Waals surface area contributed by atoms with Crippen molar-refractivity contribution in [1.82, 2.24) is 10.6 Å². The number of nitrogens with zero attached hydrogens (tertiary/aromatic N) is 1. The van der Waals surface area contributed by atoms with Crippen LogP contribution in [0.3, 0.4) is 0 Å². The summed E-state index contributed by atoms with van der Waals surface area (Å²) in [4.78, 5) is 36.9. The summed E-state index contributed by atoms with van der Waals surface area (Å²) in [7, 11) is 1.47. The fourth-order valence-corrected chi connectivity index (χ4v) is 2.59. The molecular weight excluding hydrogens is 324 g/mol. The van der Waals surface area contributed by atoms with E-state index in [1.54, 1.807) is 18.2 Å². The van der Waals surface area contributed by atoms with E-state index in [0.717, 1.165) is 19.3 Å². The molecular formula is C17H24N4O4. The second-order valence-electron chi connectivity index (χ2n) is 5.75. The number of nitrogens with one attached hydrogen (secondary N) is 2. The third-order valence-electron chi connectivity index (χ3n) is 3.95. The van der Waals surface area contributed by atoms with Gasteiger partial charge in [-0.15, -0.1) is 0 Å². The molecule has 0 saturated carbocycles. The highest BCUT2D eigenvalue weighted by molar-refractivity contribution is 6.06. The summed E-state index contributed by atoms with van der Waals surface area (Å²) in [6.07, 6.45) is 3.01. The Morgan fingerprint density at radius 3 is 2.80 bits per heavy atom. The van der Waals surface area contributed by atoms with Crippen molar-refractivity contribution in [3.05, 3.63) is 23.8 Å². The molecule has 8 heteroatoms. The molecule has 4 N–H and O–H groups in total. The number of carbonyl (C=O) groups is 3. The van der Waals surface area contributed by atoms with Crippen molar-refractivity contribution in [1.29, 1.82) is 0 Å². The minimum absolute atomic E-state index is 0.198. The van der Waals surface area contributed by atoms with Gasteiger partial charge in [-0.1, -0.05) is 6.42 Å². The first-order chi connectivity index (χ1) is 12.1. The van der Waals surface area contributed by atoms with E-state index < -0.39 is 6.03 Å². The molecule has 1 aromatic rings. The lowest BCUT2D eigenvalue weighted by molar-refractivity contribution is -0.120. The van der Waals surface area contributed by atoms with Gasteiger partial charge in [-0.2, -0.15) is 0 Å². The van der Waals surface area contributed by atoms with E-state index in [1.807, 2.05) is 0 Å². The first-order valence-electron chi connectivity index (χ1n) is 8.34. The molecule has 2 rings (SSSR count). The minimum Gasteiger partial charge on any atom is -0.495 e. The van der Waals surface area contributed by atoms with Crippen LogP contribution >= 0.6 is 0 Å². The Kier molecular flexibility index (Phi) is 6.76. The molecule has 0 aromatic heterocycles. The van der Waals surface area contributed by atoms with Crippen LogP contribution in [-0.2, 0) is 4.79 Å². The fraction of sp³-hybridized carbons (Fsp3) is 0.471. The molecule has 4 amide bonds. The number of imide groups is 1. The average molecular weight is 348 g/mol. The number of ether oxygens (including phenoxy) is 1. The van der Waals surface area contributed by atoms with Crippen molar-refractivity contribution in [3.63, 3.8) is 0 Å². The van der Waals surface area contributed by atoms with Gasteiger partial charge < -0.3 is 15.8 Å². The molecule has 1 heterocycles. The van der Waals surface area contributed by atoms with E-state index in [9.17, 15) is 14.4 Å². The van der Waals surface area contributed by atoms with Crippen LogP contribution in [0.2, 0.25) is 0 Å². The fourth-order valence-electron chi connectivity index (χ4n) is 2.59. The SMILES string of the molecule is COc1cc(C(=O)NCCCCCN)ccc1N1CCC(=O)NC1=O. The molecule has 1 aliphatic rings. The molecule has 1 aromatic carbocycles. The van der Waals surface area contributed by atoms with Gasteiger partial charge >= 0.3 is 6.03 Å². The Balaban J connectivity index is 2.04. The quantitative estimate of drug-likeness (QED) is 0.607. The third kappa shape index (κ3) is 4.93. The molecule has 0 aliphatic carbocycles. The molecule has 1 aliphatic heterocycles. The van der Waals surface area contributed by atoms with Crippen molar-refractivity contribution >= 4 is 23.5 Å². The lowest BCUT2D eigenvalue weighted by atomic mass is 10.1. The Bertz CT molecular complexity index is 648. The van der Waals surface area contributed by atoms with E-state index in [0.29, 0.717) is 30.1 Å². The van der Waals surface area contributed by atoms with Crippen LogP contribution in [0.15, 0.2) is 18.2 Å². The molecule has 0 atom stereocenters. The molecule has 1 saturated heterocycles. The second kappa shape index (κ2) is 9.03. The van der Waals surface area contributed by atoms with Crippen LogP contribution in [0.4, 0.5) is 10.5 Å². The maximum absolute atomic E-state index is 12.2. The number of nitrogens with two attached hydrogens (primary N) is 1. The minimum atomic E-state index is -0.494. The van der Waals surface area contributed by atoms with Gasteiger partial charge in [0.2, 0.25) is 5.91 Å². The highest BCUT2D eigenvalue weighted by atomic mass is 16.5. The second-order valence-corrected chi connectivity index (χ2v) is 5.75. The number of hydrogen-bond donors (Lipinski definition) is 3. The number of urea groups is 1. The van der Waals surface area contributed by atoms with Gasteiger partial charge in [0.15, 0.2) is 0 Å². The molecule has 1 fully saturated rings. The first-order valence-corrected chi connectivity index (χ1v) is 8.34. The van der Waals surface area contributed by atoms with Crippen LogP contribution in [0.1, 0.15) is 36.0 Å². The van der Waals surface area contributed by atoms with Crippen molar-refractivity contribution in [2.75, 3.05) is 31.6 Å². The number of unbranched alkanes of at least 4 members (excludes halogenated alkanes) is 2. The first kappa shape index (κ1) is 18.7. The van der Waals surface area contributed by atoms with Crippen molar-refractivity contribution in [2.24, 2.45) is 5.73 Å². The Labute approximate surface area is 146 Å². The number of benzene rings is 1. The Morgan fingerprint density at radius 2 is 2.12 bits per heavy atom. The summed E-state index contributed by atoms with van der Waals surface area (Å²) >= 11 is 0. The van der Waals surface area contributed by atoms with Crippen LogP contribution in [0.5, 0.6) is 5.75 Å². The van der Waals surface area contributed by atoms with Gasteiger partial charge in [0.1, 0.15) is 5.75 Å². The predicted octanol–water partition coefficient (Wildman–Crippen LogP) is 1.00. The number of hydrogen-bond acceptors (Lipinski definition) is 5. The van der Waals surface area contributed by atoms with E-state index in [-0.39, 0.29) is 24.8 Å².